The molecule has 0 aliphatic carbocycles. The van der Waals surface area contributed by atoms with E-state index in [2.05, 4.69) is 26.2 Å². The van der Waals surface area contributed by atoms with Crippen LogP contribution in [-0.2, 0) is 22.5 Å². The largest absolute Gasteiger partial charge is 0.481 e. The first-order chi connectivity index (χ1) is 13.6. The quantitative estimate of drug-likeness (QED) is 0.695. The predicted molar refractivity (Wildman–Crippen MR) is 111 cm³/mol. The van der Waals surface area contributed by atoms with Crippen LogP contribution in [0.5, 0.6) is 5.75 Å². The third kappa shape index (κ3) is 5.89. The molecule has 7 nitrogen and oxygen atoms in total. The Kier molecular flexibility index (Phi) is 6.42. The third-order valence-electron chi connectivity index (χ3n) is 3.88. The van der Waals surface area contributed by atoms with Crippen LogP contribution in [-0.4, -0.2) is 40.6 Å². The van der Waals surface area contributed by atoms with Crippen LogP contribution < -0.4 is 10.1 Å². The standard InChI is InChI=1S/C19H21BrFN3O4S/c1-19(2,3)28-18(26)24-7-6-13-15(9-24)29-17(22-13)23-16(25)10-27-14-5-4-11(20)8-12(14)21/h4-5,8H,6-7,9-10H2,1-3H3,(H,22,23,25). The first kappa shape index (κ1) is 21.5. The molecule has 2 heterocycles. The molecule has 0 radical (unpaired) electrons. The maximum atomic E-state index is 13.7. The van der Waals surface area contributed by atoms with E-state index in [0.717, 1.165) is 10.6 Å². The van der Waals surface area contributed by atoms with E-state index in [9.17, 15) is 14.0 Å². The summed E-state index contributed by atoms with van der Waals surface area (Å²) in [5.74, 6) is -1.00. The highest BCUT2D eigenvalue weighted by Crippen LogP contribution is 2.29. The Morgan fingerprint density at radius 1 is 1.38 bits per heavy atom. The van der Waals surface area contributed by atoms with Gasteiger partial charge in [0.1, 0.15) is 5.60 Å². The van der Waals surface area contributed by atoms with Crippen molar-refractivity contribution < 1.29 is 23.5 Å². The number of benzene rings is 1. The number of halogens is 2. The van der Waals surface area contributed by atoms with E-state index in [1.165, 1.54) is 23.5 Å². The van der Waals surface area contributed by atoms with Crippen LogP contribution >= 0.6 is 27.3 Å². The number of hydrogen-bond donors (Lipinski definition) is 1. The van der Waals surface area contributed by atoms with Gasteiger partial charge < -0.3 is 14.4 Å². The van der Waals surface area contributed by atoms with Gasteiger partial charge in [-0.1, -0.05) is 27.3 Å². The summed E-state index contributed by atoms with van der Waals surface area (Å²) in [4.78, 5) is 31.3. The number of hydrogen-bond acceptors (Lipinski definition) is 6. The average molecular weight is 486 g/mol. The highest BCUT2D eigenvalue weighted by atomic mass is 79.9. The lowest BCUT2D eigenvalue weighted by atomic mass is 10.2. The van der Waals surface area contributed by atoms with Gasteiger partial charge in [-0.3, -0.25) is 10.1 Å². The van der Waals surface area contributed by atoms with Gasteiger partial charge >= 0.3 is 6.09 Å². The molecule has 0 fully saturated rings. The molecular weight excluding hydrogens is 465 g/mol. The molecule has 2 aromatic rings. The number of ether oxygens (including phenoxy) is 2. The molecule has 10 heteroatoms. The van der Waals surface area contributed by atoms with Crippen LogP contribution in [0.25, 0.3) is 0 Å². The number of carbonyl (C=O) groups excluding carboxylic acids is 2. The number of fused-ring (bicyclic) bond motifs is 1. The molecule has 2 amide bonds. The summed E-state index contributed by atoms with van der Waals surface area (Å²) >= 11 is 4.46. The number of anilines is 1. The summed E-state index contributed by atoms with van der Waals surface area (Å²) in [6.45, 7) is 6.02. The van der Waals surface area contributed by atoms with Crippen molar-refractivity contribution in [1.29, 1.82) is 0 Å². The molecule has 1 aliphatic heterocycles. The summed E-state index contributed by atoms with van der Waals surface area (Å²) < 4.78 is 25.0. The molecule has 0 bridgehead atoms. The summed E-state index contributed by atoms with van der Waals surface area (Å²) in [6, 6.07) is 4.33. The minimum atomic E-state index is -0.557. The molecule has 1 aliphatic rings. The predicted octanol–water partition coefficient (Wildman–Crippen LogP) is 4.36. The molecule has 0 atom stereocenters. The Morgan fingerprint density at radius 2 is 2.14 bits per heavy atom. The van der Waals surface area contributed by atoms with Crippen molar-refractivity contribution in [3.63, 3.8) is 0 Å². The highest BCUT2D eigenvalue weighted by molar-refractivity contribution is 9.10. The zero-order valence-electron chi connectivity index (χ0n) is 16.3. The van der Waals surface area contributed by atoms with Crippen LogP contribution in [0.1, 0.15) is 31.3 Å². The van der Waals surface area contributed by atoms with Crippen molar-refractivity contribution in [2.24, 2.45) is 0 Å². The van der Waals surface area contributed by atoms with Gasteiger partial charge in [0.05, 0.1) is 12.2 Å². The fourth-order valence-corrected chi connectivity index (χ4v) is 4.00. The van der Waals surface area contributed by atoms with Crippen molar-refractivity contribution in [3.05, 3.63) is 39.1 Å². The highest BCUT2D eigenvalue weighted by Gasteiger charge is 2.28. The number of nitrogens with zero attached hydrogens (tertiary/aromatic N) is 2. The smallest absolute Gasteiger partial charge is 0.410 e. The number of rotatable bonds is 4. The molecule has 1 N–H and O–H groups in total. The van der Waals surface area contributed by atoms with Crippen LogP contribution in [0.3, 0.4) is 0 Å². The number of carbonyl (C=O) groups is 2. The zero-order chi connectivity index (χ0) is 21.2. The van der Waals surface area contributed by atoms with E-state index in [0.29, 0.717) is 29.1 Å². The Morgan fingerprint density at radius 3 is 2.83 bits per heavy atom. The van der Waals surface area contributed by atoms with Crippen molar-refractivity contribution >= 4 is 44.4 Å². The normalized spacial score (nSPS) is 13.6. The lowest BCUT2D eigenvalue weighted by Gasteiger charge is -2.29. The number of aromatic nitrogens is 1. The Bertz CT molecular complexity index is 929. The second-order valence-corrected chi connectivity index (χ2v) is 9.45. The molecule has 0 saturated heterocycles. The number of nitrogens with one attached hydrogen (secondary N) is 1. The molecule has 29 heavy (non-hydrogen) atoms. The molecule has 3 rings (SSSR count). The molecule has 0 unspecified atom stereocenters. The van der Waals surface area contributed by atoms with Gasteiger partial charge in [0.25, 0.3) is 5.91 Å². The molecular formula is C19H21BrFN3O4S. The summed E-state index contributed by atoms with van der Waals surface area (Å²) in [7, 11) is 0. The maximum Gasteiger partial charge on any atom is 0.410 e. The molecule has 1 aromatic carbocycles. The van der Waals surface area contributed by atoms with Crippen LogP contribution in [0.15, 0.2) is 22.7 Å². The van der Waals surface area contributed by atoms with E-state index >= 15 is 0 Å². The molecule has 156 valence electrons. The van der Waals surface area contributed by atoms with Crippen LogP contribution in [0.2, 0.25) is 0 Å². The fraction of sp³-hybridized carbons (Fsp3) is 0.421. The van der Waals surface area contributed by atoms with Gasteiger partial charge in [-0.15, -0.1) is 0 Å². The van der Waals surface area contributed by atoms with E-state index in [-0.39, 0.29) is 18.4 Å². The van der Waals surface area contributed by atoms with Gasteiger partial charge in [-0.2, -0.15) is 0 Å². The Labute approximate surface area is 180 Å². The Hall–Kier alpha value is -2.20. The second kappa shape index (κ2) is 8.66. The van der Waals surface area contributed by atoms with E-state index in [1.54, 1.807) is 11.0 Å². The topological polar surface area (TPSA) is 80.8 Å². The third-order valence-corrected chi connectivity index (χ3v) is 5.37. The first-order valence-corrected chi connectivity index (χ1v) is 10.6. The fourth-order valence-electron chi connectivity index (χ4n) is 2.62. The molecule has 1 aromatic heterocycles. The van der Waals surface area contributed by atoms with Crippen LogP contribution in [0, 0.1) is 5.82 Å². The van der Waals surface area contributed by atoms with Crippen LogP contribution in [0.4, 0.5) is 14.3 Å². The van der Waals surface area contributed by atoms with E-state index < -0.39 is 17.3 Å². The number of thiazole rings is 1. The van der Waals surface area contributed by atoms with Gasteiger partial charge in [0.15, 0.2) is 23.3 Å². The second-order valence-electron chi connectivity index (χ2n) is 7.45. The lowest BCUT2D eigenvalue weighted by Crippen LogP contribution is -2.39. The van der Waals surface area contributed by atoms with Crippen molar-refractivity contribution in [3.8, 4) is 5.75 Å². The Balaban J connectivity index is 1.56. The minimum absolute atomic E-state index is 0.00483. The molecule has 0 spiro atoms. The maximum absolute atomic E-state index is 13.7. The van der Waals surface area contributed by atoms with E-state index in [4.69, 9.17) is 9.47 Å². The summed E-state index contributed by atoms with van der Waals surface area (Å²) in [6.07, 6.45) is 0.216. The van der Waals surface area contributed by atoms with Gasteiger partial charge in [-0.25, -0.2) is 14.2 Å². The van der Waals surface area contributed by atoms with Crippen molar-refractivity contribution in [2.45, 2.75) is 39.3 Å². The van der Waals surface area contributed by atoms with E-state index in [1.807, 2.05) is 20.8 Å². The van der Waals surface area contributed by atoms with Gasteiger partial charge in [0.2, 0.25) is 0 Å². The van der Waals surface area contributed by atoms with Gasteiger partial charge in [0, 0.05) is 22.3 Å². The first-order valence-electron chi connectivity index (χ1n) is 8.95. The van der Waals surface area contributed by atoms with Crippen molar-refractivity contribution in [2.75, 3.05) is 18.5 Å². The minimum Gasteiger partial charge on any atom is -0.481 e. The summed E-state index contributed by atoms with van der Waals surface area (Å²) in [5, 5.41) is 3.08. The average Bonchev–Trinajstić information content (AvgIpc) is 3.00. The molecule has 0 saturated carbocycles. The monoisotopic (exact) mass is 485 g/mol. The van der Waals surface area contributed by atoms with Crippen molar-refractivity contribution in [1.82, 2.24) is 9.88 Å². The summed E-state index contributed by atoms with van der Waals surface area (Å²) in [5.41, 5.74) is 0.295. The SMILES string of the molecule is CC(C)(C)OC(=O)N1CCc2nc(NC(=O)COc3ccc(Br)cc3F)sc2C1. The number of amides is 2. The van der Waals surface area contributed by atoms with Gasteiger partial charge in [-0.05, 0) is 39.0 Å². The zero-order valence-corrected chi connectivity index (χ0v) is 18.7. The lowest BCUT2D eigenvalue weighted by molar-refractivity contribution is -0.118.